The minimum absolute atomic E-state index is 0.0446. The molecular weight excluding hydrogens is 210 g/mol. The molecule has 0 saturated heterocycles. The van der Waals surface area contributed by atoms with Crippen LogP contribution in [0.5, 0.6) is 0 Å². The number of carbonyl (C=O) groups is 2. The van der Waals surface area contributed by atoms with Crippen LogP contribution in [-0.2, 0) is 19.1 Å². The summed E-state index contributed by atoms with van der Waals surface area (Å²) in [6.07, 6.45) is 0. The van der Waals surface area contributed by atoms with Crippen LogP contribution in [0.1, 0.15) is 27.7 Å². The van der Waals surface area contributed by atoms with E-state index in [1.54, 1.807) is 4.90 Å². The molecule has 0 aliphatic heterocycles. The zero-order valence-electron chi connectivity index (χ0n) is 10.8. The van der Waals surface area contributed by atoms with Crippen molar-refractivity contribution in [3.8, 4) is 0 Å². The number of nitrogens with zero attached hydrogens (tertiary/aromatic N) is 1. The van der Waals surface area contributed by atoms with Crippen molar-refractivity contribution in [3.05, 3.63) is 0 Å². The predicted molar refractivity (Wildman–Crippen MR) is 59.9 cm³/mol. The molecule has 0 aromatic heterocycles. The largest absolute Gasteiger partial charge is 0.467 e. The second-order valence-corrected chi connectivity index (χ2v) is 4.08. The molecule has 5 heteroatoms. The SMILES string of the molecule is COC(=O)C(C(=O)OC)N(C(C)C)C(C)C. The van der Waals surface area contributed by atoms with Crippen LogP contribution in [0, 0.1) is 0 Å². The first-order chi connectivity index (χ1) is 7.36. The molecule has 0 fully saturated rings. The van der Waals surface area contributed by atoms with Gasteiger partial charge in [-0.3, -0.25) is 4.90 Å². The van der Waals surface area contributed by atoms with Crippen molar-refractivity contribution in [2.24, 2.45) is 0 Å². The lowest BCUT2D eigenvalue weighted by molar-refractivity contribution is -0.163. The first kappa shape index (κ1) is 14.9. The molecule has 0 amide bonds. The number of esters is 2. The van der Waals surface area contributed by atoms with Gasteiger partial charge in [0.15, 0.2) is 0 Å². The highest BCUT2D eigenvalue weighted by Crippen LogP contribution is 2.13. The summed E-state index contributed by atoms with van der Waals surface area (Å²) in [6.45, 7) is 7.66. The maximum absolute atomic E-state index is 11.6. The second kappa shape index (κ2) is 6.48. The summed E-state index contributed by atoms with van der Waals surface area (Å²) in [7, 11) is 2.52. The van der Waals surface area contributed by atoms with Gasteiger partial charge in [0.05, 0.1) is 14.2 Å². The zero-order chi connectivity index (χ0) is 12.9. The van der Waals surface area contributed by atoms with E-state index in [2.05, 4.69) is 9.47 Å². The van der Waals surface area contributed by atoms with Crippen LogP contribution in [0.4, 0.5) is 0 Å². The van der Waals surface area contributed by atoms with Gasteiger partial charge in [-0.25, -0.2) is 9.59 Å². The van der Waals surface area contributed by atoms with Crippen LogP contribution in [-0.4, -0.2) is 49.2 Å². The highest BCUT2D eigenvalue weighted by atomic mass is 16.5. The first-order valence-electron chi connectivity index (χ1n) is 5.29. The van der Waals surface area contributed by atoms with Gasteiger partial charge >= 0.3 is 11.9 Å². The molecule has 0 aromatic rings. The number of carbonyl (C=O) groups excluding carboxylic acids is 2. The molecule has 0 saturated carbocycles. The van der Waals surface area contributed by atoms with Gasteiger partial charge in [-0.2, -0.15) is 0 Å². The van der Waals surface area contributed by atoms with E-state index >= 15 is 0 Å². The van der Waals surface area contributed by atoms with E-state index in [1.165, 1.54) is 14.2 Å². The van der Waals surface area contributed by atoms with E-state index in [0.29, 0.717) is 0 Å². The minimum Gasteiger partial charge on any atom is -0.467 e. The summed E-state index contributed by atoms with van der Waals surface area (Å²) >= 11 is 0. The molecule has 0 bridgehead atoms. The Morgan fingerprint density at radius 2 is 1.19 bits per heavy atom. The average Bonchev–Trinajstić information content (AvgIpc) is 2.22. The predicted octanol–water partition coefficient (Wildman–Crippen LogP) is 0.820. The van der Waals surface area contributed by atoms with Gasteiger partial charge in [0.2, 0.25) is 6.04 Å². The van der Waals surface area contributed by atoms with Gasteiger partial charge in [0.1, 0.15) is 0 Å². The maximum Gasteiger partial charge on any atom is 0.334 e. The van der Waals surface area contributed by atoms with Crippen molar-refractivity contribution in [2.75, 3.05) is 14.2 Å². The van der Waals surface area contributed by atoms with Gasteiger partial charge in [-0.05, 0) is 27.7 Å². The molecule has 16 heavy (non-hydrogen) atoms. The number of hydrogen-bond donors (Lipinski definition) is 0. The fourth-order valence-corrected chi connectivity index (χ4v) is 1.76. The van der Waals surface area contributed by atoms with Crippen molar-refractivity contribution < 1.29 is 19.1 Å². The molecular formula is C11H21NO4. The summed E-state index contributed by atoms with van der Waals surface area (Å²) < 4.78 is 9.27. The van der Waals surface area contributed by atoms with Crippen LogP contribution >= 0.6 is 0 Å². The molecule has 0 aliphatic carbocycles. The Labute approximate surface area is 96.7 Å². The lowest BCUT2D eigenvalue weighted by Gasteiger charge is -2.34. The standard InChI is InChI=1S/C11H21NO4/c1-7(2)12(8(3)4)9(10(13)15-5)11(14)16-6/h7-9H,1-6H3. The number of methoxy groups -OCH3 is 2. The molecule has 0 N–H and O–H groups in total. The van der Waals surface area contributed by atoms with E-state index < -0.39 is 18.0 Å². The van der Waals surface area contributed by atoms with Gasteiger partial charge in [0.25, 0.3) is 0 Å². The summed E-state index contributed by atoms with van der Waals surface area (Å²) in [6, 6.07) is -0.901. The van der Waals surface area contributed by atoms with Crippen LogP contribution in [0.15, 0.2) is 0 Å². The number of hydrogen-bond acceptors (Lipinski definition) is 5. The van der Waals surface area contributed by atoms with E-state index in [4.69, 9.17) is 0 Å². The molecule has 0 spiro atoms. The molecule has 94 valence electrons. The third-order valence-electron chi connectivity index (χ3n) is 2.34. The normalized spacial score (nSPS) is 11.4. The molecule has 0 aromatic carbocycles. The molecule has 0 unspecified atom stereocenters. The monoisotopic (exact) mass is 231 g/mol. The van der Waals surface area contributed by atoms with E-state index in [9.17, 15) is 9.59 Å². The summed E-state index contributed by atoms with van der Waals surface area (Å²) in [5.74, 6) is -1.18. The average molecular weight is 231 g/mol. The molecule has 0 rings (SSSR count). The van der Waals surface area contributed by atoms with Gasteiger partial charge < -0.3 is 9.47 Å². The third-order valence-corrected chi connectivity index (χ3v) is 2.34. The van der Waals surface area contributed by atoms with Crippen LogP contribution in [0.25, 0.3) is 0 Å². The van der Waals surface area contributed by atoms with Crippen molar-refractivity contribution in [1.82, 2.24) is 4.90 Å². The van der Waals surface area contributed by atoms with Crippen LogP contribution < -0.4 is 0 Å². The highest BCUT2D eigenvalue weighted by molar-refractivity contribution is 5.99. The Balaban J connectivity index is 5.12. The Morgan fingerprint density at radius 3 is 1.38 bits per heavy atom. The first-order valence-corrected chi connectivity index (χ1v) is 5.29. The Hall–Kier alpha value is -1.10. The van der Waals surface area contributed by atoms with Crippen molar-refractivity contribution in [3.63, 3.8) is 0 Å². The molecule has 0 atom stereocenters. The van der Waals surface area contributed by atoms with Crippen molar-refractivity contribution in [1.29, 1.82) is 0 Å². The van der Waals surface area contributed by atoms with Crippen LogP contribution in [0.2, 0.25) is 0 Å². The third kappa shape index (κ3) is 3.48. The summed E-state index contributed by atoms with van der Waals surface area (Å²) in [5.41, 5.74) is 0. The lowest BCUT2D eigenvalue weighted by Crippen LogP contribution is -2.53. The minimum atomic E-state index is -0.991. The molecule has 5 nitrogen and oxygen atoms in total. The van der Waals surface area contributed by atoms with E-state index in [-0.39, 0.29) is 12.1 Å². The number of ether oxygens (including phenoxy) is 2. The quantitative estimate of drug-likeness (QED) is 0.518. The van der Waals surface area contributed by atoms with Crippen LogP contribution in [0.3, 0.4) is 0 Å². The Morgan fingerprint density at radius 1 is 0.875 bits per heavy atom. The Kier molecular flexibility index (Phi) is 6.03. The zero-order valence-corrected chi connectivity index (χ0v) is 10.8. The molecule has 0 radical (unpaired) electrons. The fraction of sp³-hybridized carbons (Fsp3) is 0.818. The molecule has 0 heterocycles. The summed E-state index contributed by atoms with van der Waals surface area (Å²) in [4.78, 5) is 25.0. The van der Waals surface area contributed by atoms with Gasteiger partial charge in [0, 0.05) is 12.1 Å². The molecule has 0 aliphatic rings. The lowest BCUT2D eigenvalue weighted by atomic mass is 10.1. The van der Waals surface area contributed by atoms with E-state index in [0.717, 1.165) is 0 Å². The van der Waals surface area contributed by atoms with Gasteiger partial charge in [-0.15, -0.1) is 0 Å². The van der Waals surface area contributed by atoms with Crippen molar-refractivity contribution in [2.45, 2.75) is 45.8 Å². The van der Waals surface area contributed by atoms with Crippen molar-refractivity contribution >= 4 is 11.9 Å². The maximum atomic E-state index is 11.6. The van der Waals surface area contributed by atoms with Gasteiger partial charge in [-0.1, -0.05) is 0 Å². The van der Waals surface area contributed by atoms with E-state index in [1.807, 2.05) is 27.7 Å². The highest BCUT2D eigenvalue weighted by Gasteiger charge is 2.37. The number of rotatable bonds is 5. The second-order valence-electron chi connectivity index (χ2n) is 4.08. The smallest absolute Gasteiger partial charge is 0.334 e. The summed E-state index contributed by atoms with van der Waals surface area (Å²) in [5, 5.41) is 0. The fourth-order valence-electron chi connectivity index (χ4n) is 1.76. The topological polar surface area (TPSA) is 55.8 Å². The Bertz CT molecular complexity index is 226.